The number of carbonyl (C=O) groups is 1. The summed E-state index contributed by atoms with van der Waals surface area (Å²) in [7, 11) is -2.94. The predicted octanol–water partition coefficient (Wildman–Crippen LogP) is 0.670. The number of hydrogen-bond acceptors (Lipinski definition) is 4. The van der Waals surface area contributed by atoms with Crippen LogP contribution in [0.3, 0.4) is 0 Å². The average Bonchev–Trinajstić information content (AvgIpc) is 2.46. The second-order valence-electron chi connectivity index (χ2n) is 5.37. The molecule has 2 heterocycles. The molecule has 1 atom stereocenters. The van der Waals surface area contributed by atoms with Gasteiger partial charge in [-0.05, 0) is 24.5 Å². The lowest BCUT2D eigenvalue weighted by Gasteiger charge is -2.33. The molecule has 0 spiro atoms. The van der Waals surface area contributed by atoms with Crippen LogP contribution in [0, 0.1) is 0 Å². The SMILES string of the molecule is O=C(C1CCc2ccccc2N1)N1CCS(=O)(=O)CC1. The molecule has 1 aromatic rings. The molecule has 0 aromatic heterocycles. The summed E-state index contributed by atoms with van der Waals surface area (Å²) in [5.41, 5.74) is 2.25. The van der Waals surface area contributed by atoms with Crippen LogP contribution >= 0.6 is 0 Å². The third kappa shape index (κ3) is 2.65. The number of nitrogens with zero attached hydrogens (tertiary/aromatic N) is 1. The molecule has 1 N–H and O–H groups in total. The van der Waals surface area contributed by atoms with Crippen molar-refractivity contribution in [2.75, 3.05) is 29.9 Å². The van der Waals surface area contributed by atoms with Gasteiger partial charge in [0.1, 0.15) is 6.04 Å². The van der Waals surface area contributed by atoms with Crippen LogP contribution in [0.5, 0.6) is 0 Å². The van der Waals surface area contributed by atoms with Gasteiger partial charge in [-0.25, -0.2) is 8.42 Å². The molecule has 5 nitrogen and oxygen atoms in total. The maximum Gasteiger partial charge on any atom is 0.245 e. The fourth-order valence-corrected chi connectivity index (χ4v) is 3.98. The molecule has 2 aliphatic heterocycles. The van der Waals surface area contributed by atoms with Crippen LogP contribution in [0.25, 0.3) is 0 Å². The Balaban J connectivity index is 1.68. The van der Waals surface area contributed by atoms with Crippen LogP contribution in [0.4, 0.5) is 5.69 Å². The van der Waals surface area contributed by atoms with E-state index in [4.69, 9.17) is 0 Å². The van der Waals surface area contributed by atoms with Crippen molar-refractivity contribution in [2.45, 2.75) is 18.9 Å². The van der Waals surface area contributed by atoms with E-state index in [1.807, 2.05) is 18.2 Å². The van der Waals surface area contributed by atoms with E-state index >= 15 is 0 Å². The summed E-state index contributed by atoms with van der Waals surface area (Å²) in [4.78, 5) is 14.1. The number of anilines is 1. The zero-order valence-corrected chi connectivity index (χ0v) is 12.0. The summed E-state index contributed by atoms with van der Waals surface area (Å²) in [6.07, 6.45) is 1.64. The van der Waals surface area contributed by atoms with Gasteiger partial charge in [0.05, 0.1) is 11.5 Å². The Hall–Kier alpha value is -1.56. The molecule has 0 aliphatic carbocycles. The number of aryl methyl sites for hydroxylation is 1. The Labute approximate surface area is 118 Å². The van der Waals surface area contributed by atoms with E-state index in [1.54, 1.807) is 4.90 Å². The van der Waals surface area contributed by atoms with E-state index in [0.29, 0.717) is 13.1 Å². The van der Waals surface area contributed by atoms with Crippen molar-refractivity contribution in [1.82, 2.24) is 4.90 Å². The molecule has 108 valence electrons. The van der Waals surface area contributed by atoms with Crippen molar-refractivity contribution in [3.63, 3.8) is 0 Å². The van der Waals surface area contributed by atoms with Gasteiger partial charge in [0.25, 0.3) is 0 Å². The lowest BCUT2D eigenvalue weighted by Crippen LogP contribution is -2.50. The molecule has 6 heteroatoms. The number of nitrogens with one attached hydrogen (secondary N) is 1. The first-order valence-corrected chi connectivity index (χ1v) is 8.71. The first kappa shape index (κ1) is 13.4. The number of hydrogen-bond donors (Lipinski definition) is 1. The number of amides is 1. The fraction of sp³-hybridized carbons (Fsp3) is 0.500. The van der Waals surface area contributed by atoms with Gasteiger partial charge in [0, 0.05) is 18.8 Å². The molecule has 1 unspecified atom stereocenters. The topological polar surface area (TPSA) is 66.5 Å². The van der Waals surface area contributed by atoms with Crippen LogP contribution in [-0.2, 0) is 21.1 Å². The first-order valence-electron chi connectivity index (χ1n) is 6.89. The van der Waals surface area contributed by atoms with Gasteiger partial charge in [-0.2, -0.15) is 0 Å². The number of rotatable bonds is 1. The molecule has 20 heavy (non-hydrogen) atoms. The Morgan fingerprint density at radius 1 is 1.20 bits per heavy atom. The Morgan fingerprint density at radius 3 is 2.65 bits per heavy atom. The Bertz CT molecular complexity index is 613. The van der Waals surface area contributed by atoms with Gasteiger partial charge in [0.15, 0.2) is 9.84 Å². The Kier molecular flexibility index (Phi) is 3.41. The molecule has 1 fully saturated rings. The molecule has 0 radical (unpaired) electrons. The van der Waals surface area contributed by atoms with Crippen molar-refractivity contribution in [2.24, 2.45) is 0 Å². The largest absolute Gasteiger partial charge is 0.373 e. The maximum atomic E-state index is 12.4. The number of carbonyl (C=O) groups excluding carboxylic acids is 1. The molecule has 1 saturated heterocycles. The van der Waals surface area contributed by atoms with Crippen LogP contribution in [0.15, 0.2) is 24.3 Å². The summed E-state index contributed by atoms with van der Waals surface area (Å²) in [6.45, 7) is 0.641. The minimum absolute atomic E-state index is 0.0226. The minimum Gasteiger partial charge on any atom is -0.373 e. The fourth-order valence-electron chi connectivity index (χ4n) is 2.78. The van der Waals surface area contributed by atoms with Gasteiger partial charge in [-0.15, -0.1) is 0 Å². The molecule has 0 saturated carbocycles. The van der Waals surface area contributed by atoms with E-state index in [-0.39, 0.29) is 23.5 Å². The molecule has 2 aliphatic rings. The monoisotopic (exact) mass is 294 g/mol. The summed E-state index contributed by atoms with van der Waals surface area (Å²) in [5.74, 6) is 0.193. The van der Waals surface area contributed by atoms with Crippen LogP contribution in [0.2, 0.25) is 0 Å². The van der Waals surface area contributed by atoms with Crippen LogP contribution < -0.4 is 5.32 Å². The third-order valence-corrected chi connectivity index (χ3v) is 5.61. The predicted molar refractivity (Wildman–Crippen MR) is 77.4 cm³/mol. The van der Waals surface area contributed by atoms with Crippen LogP contribution in [-0.4, -0.2) is 49.9 Å². The van der Waals surface area contributed by atoms with Crippen molar-refractivity contribution in [3.05, 3.63) is 29.8 Å². The summed E-state index contributed by atoms with van der Waals surface area (Å²) >= 11 is 0. The number of benzene rings is 1. The molecule has 3 rings (SSSR count). The van der Waals surface area contributed by atoms with Crippen molar-refractivity contribution in [3.8, 4) is 0 Å². The smallest absolute Gasteiger partial charge is 0.245 e. The van der Waals surface area contributed by atoms with Gasteiger partial charge in [-0.3, -0.25) is 4.79 Å². The normalized spacial score (nSPS) is 24.6. The lowest BCUT2D eigenvalue weighted by molar-refractivity contribution is -0.131. The standard InChI is InChI=1S/C14H18N2O3S/c17-14(16-7-9-20(18,19)10-8-16)13-6-5-11-3-1-2-4-12(11)15-13/h1-4,13,15H,5-10H2. The summed E-state index contributed by atoms with van der Waals surface area (Å²) < 4.78 is 22.8. The second kappa shape index (κ2) is 5.09. The van der Waals surface area contributed by atoms with Gasteiger partial charge in [0.2, 0.25) is 5.91 Å². The van der Waals surface area contributed by atoms with E-state index in [2.05, 4.69) is 11.4 Å². The number of sulfone groups is 1. The molecule has 0 bridgehead atoms. The van der Waals surface area contributed by atoms with Crippen molar-refractivity contribution >= 4 is 21.4 Å². The second-order valence-corrected chi connectivity index (χ2v) is 7.67. The van der Waals surface area contributed by atoms with Crippen molar-refractivity contribution < 1.29 is 13.2 Å². The van der Waals surface area contributed by atoms with E-state index in [0.717, 1.165) is 18.5 Å². The zero-order valence-electron chi connectivity index (χ0n) is 11.2. The maximum absolute atomic E-state index is 12.4. The highest BCUT2D eigenvalue weighted by Crippen LogP contribution is 2.25. The van der Waals surface area contributed by atoms with E-state index in [1.165, 1.54) is 5.56 Å². The molecular formula is C14H18N2O3S. The van der Waals surface area contributed by atoms with E-state index < -0.39 is 9.84 Å². The highest BCUT2D eigenvalue weighted by molar-refractivity contribution is 7.91. The highest BCUT2D eigenvalue weighted by Gasteiger charge is 2.31. The third-order valence-electron chi connectivity index (χ3n) is 4.00. The number of para-hydroxylation sites is 1. The van der Waals surface area contributed by atoms with Gasteiger partial charge < -0.3 is 10.2 Å². The molecule has 1 amide bonds. The van der Waals surface area contributed by atoms with Crippen molar-refractivity contribution in [1.29, 1.82) is 0 Å². The quantitative estimate of drug-likeness (QED) is 0.827. The lowest BCUT2D eigenvalue weighted by atomic mass is 9.97. The molecule has 1 aromatic carbocycles. The van der Waals surface area contributed by atoms with E-state index in [9.17, 15) is 13.2 Å². The van der Waals surface area contributed by atoms with Crippen LogP contribution in [0.1, 0.15) is 12.0 Å². The van der Waals surface area contributed by atoms with Gasteiger partial charge in [-0.1, -0.05) is 18.2 Å². The zero-order chi connectivity index (χ0) is 14.2. The van der Waals surface area contributed by atoms with Gasteiger partial charge >= 0.3 is 0 Å². The highest BCUT2D eigenvalue weighted by atomic mass is 32.2. The summed E-state index contributed by atoms with van der Waals surface area (Å²) in [5, 5.41) is 3.27. The summed E-state index contributed by atoms with van der Waals surface area (Å²) in [6, 6.07) is 7.77. The minimum atomic E-state index is -2.94. The average molecular weight is 294 g/mol. The Morgan fingerprint density at radius 2 is 1.90 bits per heavy atom. The number of fused-ring (bicyclic) bond motifs is 1. The molecular weight excluding hydrogens is 276 g/mol. The first-order chi connectivity index (χ1) is 9.55.